The molecular formula is C11H7F5N4O2. The molecule has 6 nitrogen and oxygen atoms in total. The van der Waals surface area contributed by atoms with Crippen molar-refractivity contribution in [3.05, 3.63) is 36.2 Å². The molecule has 22 heavy (non-hydrogen) atoms. The molecule has 0 atom stereocenters. The zero-order valence-electron chi connectivity index (χ0n) is 10.5. The topological polar surface area (TPSA) is 79.9 Å². The summed E-state index contributed by atoms with van der Waals surface area (Å²) in [5, 5.41) is 7.08. The number of carbonyl (C=O) groups is 1. The quantitative estimate of drug-likeness (QED) is 0.847. The van der Waals surface area contributed by atoms with Crippen LogP contribution in [-0.2, 0) is 11.0 Å². The Kier molecular flexibility index (Phi) is 3.97. The minimum atomic E-state index is -4.73. The lowest BCUT2D eigenvalue weighted by Gasteiger charge is -2.17. The normalized spacial score (nSPS) is 12.0. The number of rotatable bonds is 4. The number of benzene rings is 1. The van der Waals surface area contributed by atoms with Crippen molar-refractivity contribution in [2.75, 3.05) is 5.32 Å². The van der Waals surface area contributed by atoms with Crippen molar-refractivity contribution in [2.24, 2.45) is 0 Å². The summed E-state index contributed by atoms with van der Waals surface area (Å²) >= 11 is 0. The summed E-state index contributed by atoms with van der Waals surface area (Å²) in [5.41, 5.74) is -1.18. The van der Waals surface area contributed by atoms with Gasteiger partial charge in [-0.3, -0.25) is 10.1 Å². The summed E-state index contributed by atoms with van der Waals surface area (Å²) in [6, 6.07) is 2.78. The van der Waals surface area contributed by atoms with Crippen molar-refractivity contribution in [3.8, 4) is 5.75 Å². The third-order valence-corrected chi connectivity index (χ3v) is 2.32. The maximum Gasteiger partial charge on any atom is 0.482 e. The van der Waals surface area contributed by atoms with Crippen molar-refractivity contribution in [1.82, 2.24) is 15.2 Å². The molecule has 0 aliphatic carbocycles. The zero-order chi connectivity index (χ0) is 16.4. The van der Waals surface area contributed by atoms with Gasteiger partial charge in [0.2, 0.25) is 5.95 Å². The molecule has 1 aromatic carbocycles. The van der Waals surface area contributed by atoms with Crippen molar-refractivity contribution in [1.29, 1.82) is 0 Å². The molecule has 0 radical (unpaired) electrons. The largest absolute Gasteiger partial charge is 0.482 e. The molecule has 0 aliphatic rings. The molecule has 0 spiro atoms. The van der Waals surface area contributed by atoms with Crippen LogP contribution in [0.1, 0.15) is 5.56 Å². The van der Waals surface area contributed by atoms with Crippen LogP contribution in [0.4, 0.5) is 27.9 Å². The lowest BCUT2D eigenvalue weighted by molar-refractivity contribution is -0.187. The van der Waals surface area contributed by atoms with Crippen molar-refractivity contribution in [2.45, 2.75) is 12.3 Å². The molecule has 2 aromatic rings. The van der Waals surface area contributed by atoms with Gasteiger partial charge >= 0.3 is 18.2 Å². The van der Waals surface area contributed by atoms with E-state index < -0.39 is 29.5 Å². The second-order valence-corrected chi connectivity index (χ2v) is 3.93. The van der Waals surface area contributed by atoms with Gasteiger partial charge in [0.05, 0.1) is 5.56 Å². The lowest BCUT2D eigenvalue weighted by Crippen LogP contribution is -2.40. The van der Waals surface area contributed by atoms with Crippen LogP contribution < -0.4 is 10.1 Å². The van der Waals surface area contributed by atoms with Crippen LogP contribution in [0.25, 0.3) is 0 Å². The number of H-pyrrole nitrogens is 1. The molecule has 2 rings (SSSR count). The average Bonchev–Trinajstić information content (AvgIpc) is 2.90. The Morgan fingerprint density at radius 2 is 1.95 bits per heavy atom. The highest BCUT2D eigenvalue weighted by molar-refractivity contribution is 5.93. The summed E-state index contributed by atoms with van der Waals surface area (Å²) in [7, 11) is 0. The number of aromatic amines is 1. The Morgan fingerprint density at radius 3 is 2.55 bits per heavy atom. The van der Waals surface area contributed by atoms with E-state index >= 15 is 0 Å². The van der Waals surface area contributed by atoms with Crippen LogP contribution in [0.2, 0.25) is 0 Å². The molecule has 1 heterocycles. The van der Waals surface area contributed by atoms with Crippen LogP contribution in [-0.4, -0.2) is 27.2 Å². The highest BCUT2D eigenvalue weighted by atomic mass is 19.4. The van der Waals surface area contributed by atoms with Crippen LogP contribution in [0.15, 0.2) is 30.6 Å². The Morgan fingerprint density at radius 1 is 1.23 bits per heavy atom. The van der Waals surface area contributed by atoms with Gasteiger partial charge in [-0.2, -0.15) is 32.0 Å². The number of anilines is 1. The van der Waals surface area contributed by atoms with E-state index in [0.717, 1.165) is 18.5 Å². The minimum Gasteiger partial charge on any atom is -0.425 e. The van der Waals surface area contributed by atoms with Crippen LogP contribution >= 0.6 is 0 Å². The first-order valence-corrected chi connectivity index (χ1v) is 5.59. The van der Waals surface area contributed by atoms with Gasteiger partial charge in [0.1, 0.15) is 12.1 Å². The van der Waals surface area contributed by atoms with E-state index in [1.54, 1.807) is 5.32 Å². The third kappa shape index (κ3) is 3.68. The van der Waals surface area contributed by atoms with Gasteiger partial charge in [-0.05, 0) is 18.2 Å². The summed E-state index contributed by atoms with van der Waals surface area (Å²) in [4.78, 5) is 14.7. The molecule has 2 N–H and O–H groups in total. The summed E-state index contributed by atoms with van der Waals surface area (Å²) in [6.07, 6.45) is -8.17. The second kappa shape index (κ2) is 5.58. The summed E-state index contributed by atoms with van der Waals surface area (Å²) < 4.78 is 68.5. The minimum absolute atomic E-state index is 0.357. The highest BCUT2D eigenvalue weighted by Crippen LogP contribution is 2.32. The highest BCUT2D eigenvalue weighted by Gasteiger charge is 2.43. The zero-order valence-corrected chi connectivity index (χ0v) is 10.5. The first-order valence-electron chi connectivity index (χ1n) is 5.59. The molecule has 11 heteroatoms. The average molecular weight is 322 g/mol. The number of hydrogen-bond donors (Lipinski definition) is 2. The van der Waals surface area contributed by atoms with Gasteiger partial charge in [0.15, 0.2) is 0 Å². The third-order valence-electron chi connectivity index (χ3n) is 2.32. The lowest BCUT2D eigenvalue weighted by atomic mass is 10.2. The van der Waals surface area contributed by atoms with Crippen LogP contribution in [0.3, 0.4) is 0 Å². The molecule has 0 fully saturated rings. The monoisotopic (exact) mass is 322 g/mol. The number of halogens is 5. The number of amides is 1. The molecule has 1 aromatic heterocycles. The van der Waals surface area contributed by atoms with Crippen molar-refractivity contribution < 1.29 is 31.5 Å². The van der Waals surface area contributed by atoms with Gasteiger partial charge in [-0.25, -0.2) is 5.10 Å². The number of ether oxygens (including phenoxy) is 1. The molecule has 0 saturated heterocycles. The van der Waals surface area contributed by atoms with E-state index in [4.69, 9.17) is 0 Å². The maximum atomic E-state index is 13.5. The molecule has 1 amide bonds. The standard InChI is InChI=1S/C11H7F5N4O2/c12-10(13,14)6-2-1-3-7(4-6)22-11(15,16)8(21)19-9-17-5-18-20-9/h1-5H,(H2,17,18,19,20,21). The van der Waals surface area contributed by atoms with E-state index in [2.05, 4.69) is 19.9 Å². The van der Waals surface area contributed by atoms with Crippen LogP contribution in [0, 0.1) is 0 Å². The second-order valence-electron chi connectivity index (χ2n) is 3.93. The van der Waals surface area contributed by atoms with Gasteiger partial charge in [-0.1, -0.05) is 6.07 Å². The Hall–Kier alpha value is -2.72. The van der Waals surface area contributed by atoms with Gasteiger partial charge in [-0.15, -0.1) is 0 Å². The first-order chi connectivity index (χ1) is 10.2. The van der Waals surface area contributed by atoms with E-state index in [9.17, 15) is 26.7 Å². The van der Waals surface area contributed by atoms with Gasteiger partial charge in [0.25, 0.3) is 0 Å². The number of carbonyl (C=O) groups excluding carboxylic acids is 1. The predicted molar refractivity (Wildman–Crippen MR) is 62.0 cm³/mol. The Labute approximate surface area is 119 Å². The van der Waals surface area contributed by atoms with Crippen LogP contribution in [0.5, 0.6) is 5.75 Å². The van der Waals surface area contributed by atoms with Crippen molar-refractivity contribution in [3.63, 3.8) is 0 Å². The fraction of sp³-hybridized carbons (Fsp3) is 0.182. The fourth-order valence-corrected chi connectivity index (χ4v) is 1.38. The Bertz CT molecular complexity index is 657. The molecule has 0 aliphatic heterocycles. The number of alkyl halides is 5. The van der Waals surface area contributed by atoms with E-state index in [-0.39, 0.29) is 5.95 Å². The van der Waals surface area contributed by atoms with E-state index in [0.29, 0.717) is 12.1 Å². The predicted octanol–water partition coefficient (Wildman–Crippen LogP) is 2.43. The van der Waals surface area contributed by atoms with Gasteiger partial charge < -0.3 is 4.74 Å². The number of nitrogens with one attached hydrogen (secondary N) is 2. The first kappa shape index (κ1) is 15.7. The SMILES string of the molecule is O=C(Nc1ncn[nH]1)C(F)(F)Oc1cccc(C(F)(F)F)c1. The molecule has 118 valence electrons. The smallest absolute Gasteiger partial charge is 0.425 e. The fourth-order valence-electron chi connectivity index (χ4n) is 1.38. The van der Waals surface area contributed by atoms with Crippen molar-refractivity contribution >= 4 is 11.9 Å². The van der Waals surface area contributed by atoms with Gasteiger partial charge in [0, 0.05) is 0 Å². The number of hydrogen-bond acceptors (Lipinski definition) is 4. The van der Waals surface area contributed by atoms with E-state index in [1.807, 2.05) is 0 Å². The summed E-state index contributed by atoms with van der Waals surface area (Å²) in [6.45, 7) is 0. The summed E-state index contributed by atoms with van der Waals surface area (Å²) in [5.74, 6) is -3.09. The molecular weight excluding hydrogens is 315 g/mol. The van der Waals surface area contributed by atoms with E-state index in [1.165, 1.54) is 0 Å². The number of aromatic nitrogens is 3. The number of nitrogens with zero attached hydrogens (tertiary/aromatic N) is 2. The molecule has 0 saturated carbocycles. The maximum absolute atomic E-state index is 13.5. The molecule has 0 bridgehead atoms. The molecule has 0 unspecified atom stereocenters. The Balaban J connectivity index is 2.12.